The van der Waals surface area contributed by atoms with Crippen LogP contribution in [-0.2, 0) is 19.1 Å². The molecule has 74 heavy (non-hydrogen) atoms. The second-order valence-corrected chi connectivity index (χ2v) is 24.2. The van der Waals surface area contributed by atoms with Gasteiger partial charge in [-0.05, 0) is 32.1 Å². The summed E-state index contributed by atoms with van der Waals surface area (Å²) in [5.41, 5.74) is -1.12. The Morgan fingerprint density at radius 1 is 0.351 bits per heavy atom. The molecule has 1 aliphatic rings. The summed E-state index contributed by atoms with van der Waals surface area (Å²) in [6.45, 7) is 1.21. The monoisotopic (exact) mass is 1040 g/mol. The Bertz CT molecular complexity index is 1160. The van der Waals surface area contributed by atoms with Gasteiger partial charge in [-0.2, -0.15) is 0 Å². The summed E-state index contributed by atoms with van der Waals surface area (Å²) >= 11 is 0. The van der Waals surface area contributed by atoms with Crippen LogP contribution in [0.3, 0.4) is 0 Å². The zero-order valence-electron chi connectivity index (χ0n) is 49.9. The largest absolute Gasteiger partial charge is 0.465 e. The number of cyclic esters (lactones) is 2. The van der Waals surface area contributed by atoms with E-state index in [2.05, 4.69) is 19.1 Å². The van der Waals surface area contributed by atoms with Crippen molar-refractivity contribution in [3.05, 3.63) is 12.2 Å². The van der Waals surface area contributed by atoms with Crippen LogP contribution in [0.25, 0.3) is 0 Å². The van der Waals surface area contributed by atoms with E-state index >= 15 is 0 Å². The first-order valence-corrected chi connectivity index (χ1v) is 33.8. The minimum absolute atomic E-state index is 0.00501. The molecule has 6 heteroatoms. The van der Waals surface area contributed by atoms with Crippen LogP contribution in [0.15, 0.2) is 12.2 Å². The quantitative estimate of drug-likeness (QED) is 0.0358. The number of hydrogen-bond acceptors (Lipinski definition) is 6. The Hall–Kier alpha value is -1.40. The highest BCUT2D eigenvalue weighted by Gasteiger charge is 2.36. The first kappa shape index (κ1) is 70.6. The summed E-state index contributed by atoms with van der Waals surface area (Å²) in [4.78, 5) is 24.8. The summed E-state index contributed by atoms with van der Waals surface area (Å²) < 4.78 is 10.6. The van der Waals surface area contributed by atoms with Crippen molar-refractivity contribution in [2.75, 3.05) is 26.4 Å². The van der Waals surface area contributed by atoms with Crippen LogP contribution >= 0.6 is 0 Å². The molecule has 0 amide bonds. The van der Waals surface area contributed by atoms with Gasteiger partial charge in [-0.3, -0.25) is 9.59 Å². The van der Waals surface area contributed by atoms with Crippen LogP contribution in [0.1, 0.15) is 373 Å². The number of esters is 2. The minimum atomic E-state index is -1.12. The van der Waals surface area contributed by atoms with Gasteiger partial charge in [0.25, 0.3) is 0 Å². The predicted molar refractivity (Wildman–Crippen MR) is 320 cm³/mol. The molecular weight excluding hydrogens is 913 g/mol. The summed E-state index contributed by atoms with van der Waals surface area (Å²) in [6.07, 6.45) is 83.1. The Morgan fingerprint density at radius 3 is 0.838 bits per heavy atom. The molecule has 6 nitrogen and oxygen atoms in total. The zero-order chi connectivity index (χ0) is 53.2. The molecule has 0 aromatic heterocycles. The highest BCUT2D eigenvalue weighted by atomic mass is 16.6. The van der Waals surface area contributed by atoms with Gasteiger partial charge < -0.3 is 19.7 Å². The Morgan fingerprint density at radius 2 is 0.581 bits per heavy atom. The number of aliphatic hydroxyl groups excluding tert-OH is 2. The third-order valence-electron chi connectivity index (χ3n) is 16.8. The molecule has 2 N–H and O–H groups in total. The van der Waals surface area contributed by atoms with Gasteiger partial charge >= 0.3 is 11.9 Å². The number of carbonyl (C=O) groups is 2. The molecular formula is C68H130O6. The van der Waals surface area contributed by atoms with Crippen LogP contribution in [0.4, 0.5) is 0 Å². The van der Waals surface area contributed by atoms with Crippen molar-refractivity contribution >= 4 is 11.9 Å². The first-order chi connectivity index (χ1) is 36.6. The van der Waals surface area contributed by atoms with E-state index in [1.165, 1.54) is 334 Å². The van der Waals surface area contributed by atoms with Crippen molar-refractivity contribution in [3.63, 3.8) is 0 Å². The number of ether oxygens (including phenoxy) is 2. The fraction of sp³-hybridized carbons (Fsp3) is 0.941. The van der Waals surface area contributed by atoms with E-state index in [1.54, 1.807) is 0 Å². The van der Waals surface area contributed by atoms with E-state index in [9.17, 15) is 19.8 Å². The molecule has 1 heterocycles. The highest BCUT2D eigenvalue weighted by molar-refractivity contribution is 5.80. The second kappa shape index (κ2) is 57.8. The third kappa shape index (κ3) is 48.9. The molecule has 0 aromatic carbocycles. The molecule has 0 spiro atoms. The van der Waals surface area contributed by atoms with E-state index in [-0.39, 0.29) is 19.6 Å². The second-order valence-electron chi connectivity index (χ2n) is 24.2. The highest BCUT2D eigenvalue weighted by Crippen LogP contribution is 2.25. The first-order valence-electron chi connectivity index (χ1n) is 33.8. The van der Waals surface area contributed by atoms with Crippen LogP contribution < -0.4 is 0 Å². The number of carbonyl (C=O) groups excluding carboxylic acids is 2. The molecule has 0 aliphatic carbocycles. The summed E-state index contributed by atoms with van der Waals surface area (Å²) in [6, 6.07) is 0. The molecule has 0 saturated carbocycles. The SMILES string of the molecule is CCCCCCCCCCCCCCCCCCC/C=C/CCCCCCCCCCCCCCCCCCCCCCCCCCCCCCCCCCCCCCC1CC(=O)OCC(CO)(CO)COC1=O. The average Bonchev–Trinajstić information content (AvgIpc) is 3.47. The maximum atomic E-state index is 12.6. The van der Waals surface area contributed by atoms with Crippen molar-refractivity contribution < 1.29 is 29.3 Å². The van der Waals surface area contributed by atoms with Gasteiger partial charge in [0.15, 0.2) is 0 Å². The normalized spacial score (nSPS) is 15.1. The topological polar surface area (TPSA) is 93.1 Å². The van der Waals surface area contributed by atoms with Crippen molar-refractivity contribution in [2.24, 2.45) is 11.3 Å². The van der Waals surface area contributed by atoms with Gasteiger partial charge in [-0.1, -0.05) is 347 Å². The smallest absolute Gasteiger partial charge is 0.309 e. The Labute approximate surface area is 462 Å². The number of unbranched alkanes of at least 4 members (excludes halogenated alkanes) is 53. The lowest BCUT2D eigenvalue weighted by Gasteiger charge is -2.27. The molecule has 0 bridgehead atoms. The maximum Gasteiger partial charge on any atom is 0.309 e. The van der Waals surface area contributed by atoms with Crippen LogP contribution in [0.5, 0.6) is 0 Å². The van der Waals surface area contributed by atoms with Crippen LogP contribution in [0.2, 0.25) is 0 Å². The summed E-state index contributed by atoms with van der Waals surface area (Å²) in [5.74, 6) is -1.40. The van der Waals surface area contributed by atoms with E-state index in [1.807, 2.05) is 0 Å². The van der Waals surface area contributed by atoms with Crippen LogP contribution in [-0.4, -0.2) is 48.6 Å². The number of allylic oxidation sites excluding steroid dienone is 2. The van der Waals surface area contributed by atoms with Gasteiger partial charge in [0.2, 0.25) is 0 Å². The molecule has 1 aliphatic heterocycles. The van der Waals surface area contributed by atoms with Crippen molar-refractivity contribution in [1.29, 1.82) is 0 Å². The fourth-order valence-electron chi connectivity index (χ4n) is 11.3. The van der Waals surface area contributed by atoms with Gasteiger partial charge in [0, 0.05) is 0 Å². The number of hydrogen-bond donors (Lipinski definition) is 2. The van der Waals surface area contributed by atoms with Crippen molar-refractivity contribution in [1.82, 2.24) is 0 Å². The molecule has 0 radical (unpaired) electrons. The lowest BCUT2D eigenvalue weighted by molar-refractivity contribution is -0.155. The molecule has 1 fully saturated rings. The summed E-state index contributed by atoms with van der Waals surface area (Å²) in [5, 5.41) is 19.2. The minimum Gasteiger partial charge on any atom is -0.465 e. The van der Waals surface area contributed by atoms with Gasteiger partial charge in [-0.15, -0.1) is 0 Å². The van der Waals surface area contributed by atoms with Gasteiger partial charge in [-0.25, -0.2) is 0 Å². The summed E-state index contributed by atoms with van der Waals surface area (Å²) in [7, 11) is 0. The molecule has 1 unspecified atom stereocenters. The molecule has 1 rings (SSSR count). The molecule has 1 saturated heterocycles. The molecule has 0 aromatic rings. The zero-order valence-corrected chi connectivity index (χ0v) is 49.9. The standard InChI is InChI=1S/C68H130O6/c1-2-3-4-5-6-7-8-9-10-11-12-13-14-15-16-17-18-19-20-21-22-23-24-25-26-27-28-29-30-31-32-33-34-35-36-37-38-39-40-41-42-43-44-45-46-47-48-49-50-51-52-53-54-55-56-57-58-59-65-60-66(71)73-63-68(61-69,62-70)64-74-67(65)72/h20-21,65,69-70H,2-19,22-64H2,1H3/b21-20+. The molecule has 1 atom stereocenters. The lowest BCUT2D eigenvalue weighted by atomic mass is 9.92. The lowest BCUT2D eigenvalue weighted by Crippen LogP contribution is -2.40. The third-order valence-corrected chi connectivity index (χ3v) is 16.8. The van der Waals surface area contributed by atoms with Crippen molar-refractivity contribution in [2.45, 2.75) is 373 Å². The number of aliphatic hydroxyl groups is 2. The van der Waals surface area contributed by atoms with Crippen LogP contribution in [0, 0.1) is 11.3 Å². The van der Waals surface area contributed by atoms with Crippen molar-refractivity contribution in [3.8, 4) is 0 Å². The number of rotatable bonds is 59. The maximum absolute atomic E-state index is 12.6. The Balaban J connectivity index is 1.67. The van der Waals surface area contributed by atoms with Gasteiger partial charge in [0.1, 0.15) is 13.2 Å². The van der Waals surface area contributed by atoms with E-state index in [0.717, 1.165) is 19.3 Å². The van der Waals surface area contributed by atoms with Gasteiger partial charge in [0.05, 0.1) is 31.0 Å². The fourth-order valence-corrected chi connectivity index (χ4v) is 11.3. The average molecular weight is 1040 g/mol. The molecule has 438 valence electrons. The van der Waals surface area contributed by atoms with E-state index in [4.69, 9.17) is 9.47 Å². The van der Waals surface area contributed by atoms with E-state index < -0.39 is 36.5 Å². The predicted octanol–water partition coefficient (Wildman–Crippen LogP) is 21.5. The van der Waals surface area contributed by atoms with E-state index in [0.29, 0.717) is 6.42 Å². The Kier molecular flexibility index (Phi) is 55.1.